The largest absolute Gasteiger partial charge is 0.492 e. The lowest BCUT2D eigenvalue weighted by molar-refractivity contribution is -0.107. The molecule has 0 atom stereocenters. The van der Waals surface area contributed by atoms with E-state index in [9.17, 15) is 4.79 Å². The van der Waals surface area contributed by atoms with Crippen LogP contribution in [-0.4, -0.2) is 47.1 Å². The third-order valence-electron chi connectivity index (χ3n) is 5.97. The van der Waals surface area contributed by atoms with Gasteiger partial charge in [0, 0.05) is 30.3 Å². The van der Waals surface area contributed by atoms with Crippen LogP contribution in [0.25, 0.3) is 11.0 Å². The van der Waals surface area contributed by atoms with Crippen LogP contribution in [0.15, 0.2) is 42.5 Å². The van der Waals surface area contributed by atoms with Crippen molar-refractivity contribution >= 4 is 34.7 Å². The monoisotopic (exact) mass is 484 g/mol. The first-order chi connectivity index (χ1) is 16.4. The minimum absolute atomic E-state index is 0.558. The van der Waals surface area contributed by atoms with E-state index in [-0.39, 0.29) is 0 Å². The lowest BCUT2D eigenvalue weighted by Gasteiger charge is -2.21. The molecular formula is C27H37ClN4O2. The molecule has 0 spiro atoms. The fourth-order valence-corrected chi connectivity index (χ4v) is 4.12. The van der Waals surface area contributed by atoms with Crippen LogP contribution in [0.2, 0.25) is 5.02 Å². The summed E-state index contributed by atoms with van der Waals surface area (Å²) in [6, 6.07) is 13.6. The Morgan fingerprint density at radius 2 is 1.88 bits per heavy atom. The Kier molecular flexibility index (Phi) is 9.78. The summed E-state index contributed by atoms with van der Waals surface area (Å²) in [7, 11) is 0. The van der Waals surface area contributed by atoms with Gasteiger partial charge < -0.3 is 14.2 Å². The number of carbonyl (C=O) groups is 1. The Morgan fingerprint density at radius 3 is 2.53 bits per heavy atom. The predicted octanol–water partition coefficient (Wildman–Crippen LogP) is 6.01. The molecule has 0 radical (unpaired) electrons. The van der Waals surface area contributed by atoms with Gasteiger partial charge in [-0.1, -0.05) is 39.3 Å². The van der Waals surface area contributed by atoms with Crippen LogP contribution < -0.4 is 9.64 Å². The number of aryl methyl sites for hydroxylation is 1. The topological polar surface area (TPSA) is 50.6 Å². The van der Waals surface area contributed by atoms with E-state index >= 15 is 0 Å². The number of fused-ring (bicyclic) bond motifs is 1. The summed E-state index contributed by atoms with van der Waals surface area (Å²) in [6.07, 6.45) is 2.91. The summed E-state index contributed by atoms with van der Waals surface area (Å²) in [6.45, 7) is 13.3. The van der Waals surface area contributed by atoms with Crippen molar-refractivity contribution in [2.45, 2.75) is 53.6 Å². The molecule has 1 amide bonds. The molecule has 184 valence electrons. The quantitative estimate of drug-likeness (QED) is 0.263. The summed E-state index contributed by atoms with van der Waals surface area (Å²) < 4.78 is 8.28. The van der Waals surface area contributed by atoms with E-state index in [2.05, 4.69) is 37.2 Å². The Hall–Kier alpha value is -2.57. The molecule has 1 aromatic heterocycles. The maximum Gasteiger partial charge on any atom is 0.214 e. The number of hydrogen-bond acceptors (Lipinski definition) is 4. The average molecular weight is 485 g/mol. The molecule has 1 heterocycles. The van der Waals surface area contributed by atoms with Crippen molar-refractivity contribution in [2.24, 2.45) is 5.92 Å². The molecule has 2 aromatic carbocycles. The number of aromatic nitrogens is 2. The van der Waals surface area contributed by atoms with Gasteiger partial charge in [0.25, 0.3) is 0 Å². The SMILES string of the molecule is CCCn1c(CN(CC)CCOc2ccc(N(C=O)CCC(C)C)cc2)nc2ccc(Cl)cc21. The Morgan fingerprint density at radius 1 is 1.12 bits per heavy atom. The van der Waals surface area contributed by atoms with Gasteiger partial charge in [-0.05, 0) is 67.8 Å². The third kappa shape index (κ3) is 6.97. The number of amides is 1. The van der Waals surface area contributed by atoms with E-state index in [1.807, 2.05) is 42.5 Å². The molecular weight excluding hydrogens is 448 g/mol. The molecule has 0 saturated carbocycles. The molecule has 0 aliphatic heterocycles. The summed E-state index contributed by atoms with van der Waals surface area (Å²) in [5.41, 5.74) is 2.97. The highest BCUT2D eigenvalue weighted by Crippen LogP contribution is 2.23. The van der Waals surface area contributed by atoms with Crippen LogP contribution in [0.1, 0.15) is 46.4 Å². The number of rotatable bonds is 14. The minimum Gasteiger partial charge on any atom is -0.492 e. The molecule has 3 aromatic rings. The van der Waals surface area contributed by atoms with Gasteiger partial charge in [0.1, 0.15) is 18.2 Å². The molecule has 3 rings (SSSR count). The van der Waals surface area contributed by atoms with Crippen LogP contribution in [0.4, 0.5) is 5.69 Å². The fraction of sp³-hybridized carbons (Fsp3) is 0.481. The predicted molar refractivity (Wildman–Crippen MR) is 141 cm³/mol. The molecule has 0 unspecified atom stereocenters. The van der Waals surface area contributed by atoms with Crippen LogP contribution >= 0.6 is 11.6 Å². The van der Waals surface area contributed by atoms with E-state index in [0.717, 1.165) is 85.3 Å². The summed E-state index contributed by atoms with van der Waals surface area (Å²) in [5.74, 6) is 2.42. The Labute approximate surface area is 208 Å². The van der Waals surface area contributed by atoms with Gasteiger partial charge in [-0.2, -0.15) is 0 Å². The van der Waals surface area contributed by atoms with E-state index in [0.29, 0.717) is 12.5 Å². The lowest BCUT2D eigenvalue weighted by Crippen LogP contribution is -2.29. The van der Waals surface area contributed by atoms with Crippen molar-refractivity contribution in [3.8, 4) is 5.75 Å². The molecule has 6 nitrogen and oxygen atoms in total. The second-order valence-corrected chi connectivity index (χ2v) is 9.44. The maximum absolute atomic E-state index is 11.4. The van der Waals surface area contributed by atoms with Gasteiger partial charge in [0.05, 0.1) is 17.6 Å². The summed E-state index contributed by atoms with van der Waals surface area (Å²) in [4.78, 5) is 20.4. The molecule has 0 bridgehead atoms. The van der Waals surface area contributed by atoms with Gasteiger partial charge in [-0.15, -0.1) is 0 Å². The van der Waals surface area contributed by atoms with E-state index < -0.39 is 0 Å². The molecule has 0 aliphatic carbocycles. The second-order valence-electron chi connectivity index (χ2n) is 9.01. The number of imidazole rings is 1. The third-order valence-corrected chi connectivity index (χ3v) is 6.20. The number of halogens is 1. The number of nitrogens with zero attached hydrogens (tertiary/aromatic N) is 4. The number of anilines is 1. The zero-order valence-electron chi connectivity index (χ0n) is 20.8. The van der Waals surface area contributed by atoms with Crippen LogP contribution in [-0.2, 0) is 17.9 Å². The molecule has 0 aliphatic rings. The normalized spacial score (nSPS) is 11.5. The van der Waals surface area contributed by atoms with E-state index in [1.165, 1.54) is 0 Å². The number of carbonyl (C=O) groups excluding carboxylic acids is 1. The molecule has 0 fully saturated rings. The van der Waals surface area contributed by atoms with Crippen LogP contribution in [0.3, 0.4) is 0 Å². The highest BCUT2D eigenvalue weighted by molar-refractivity contribution is 6.31. The van der Waals surface area contributed by atoms with Gasteiger partial charge >= 0.3 is 0 Å². The van der Waals surface area contributed by atoms with Crippen molar-refractivity contribution in [3.05, 3.63) is 53.3 Å². The number of ether oxygens (including phenoxy) is 1. The first kappa shape index (κ1) is 26.0. The van der Waals surface area contributed by atoms with Crippen molar-refractivity contribution in [1.82, 2.24) is 14.5 Å². The standard InChI is InChI=1S/C27H37ClN4O2/c1-5-14-32-26-18-22(28)7-12-25(26)29-27(32)19-30(6-2)16-17-34-24-10-8-23(9-11-24)31(20-33)15-13-21(3)4/h7-12,18,20-21H,5-6,13-17,19H2,1-4H3. The summed E-state index contributed by atoms with van der Waals surface area (Å²) in [5, 5.41) is 0.735. The van der Waals surface area contributed by atoms with Crippen molar-refractivity contribution in [2.75, 3.05) is 31.1 Å². The molecule has 0 N–H and O–H groups in total. The number of benzene rings is 2. The van der Waals surface area contributed by atoms with Gasteiger partial charge in [-0.3, -0.25) is 9.69 Å². The maximum atomic E-state index is 11.4. The number of hydrogen-bond donors (Lipinski definition) is 0. The molecule has 7 heteroatoms. The van der Waals surface area contributed by atoms with Crippen molar-refractivity contribution in [1.29, 1.82) is 0 Å². The number of likely N-dealkylation sites (N-methyl/N-ethyl adjacent to an activating group) is 1. The lowest BCUT2D eigenvalue weighted by atomic mass is 10.1. The first-order valence-corrected chi connectivity index (χ1v) is 12.6. The Bertz CT molecular complexity index is 1050. The fourth-order valence-electron chi connectivity index (χ4n) is 3.95. The second kappa shape index (κ2) is 12.8. The smallest absolute Gasteiger partial charge is 0.214 e. The zero-order chi connectivity index (χ0) is 24.5. The average Bonchev–Trinajstić information content (AvgIpc) is 3.16. The van der Waals surface area contributed by atoms with Gasteiger partial charge in [0.2, 0.25) is 6.41 Å². The van der Waals surface area contributed by atoms with Gasteiger partial charge in [0.15, 0.2) is 0 Å². The zero-order valence-corrected chi connectivity index (χ0v) is 21.6. The van der Waals surface area contributed by atoms with Crippen LogP contribution in [0, 0.1) is 5.92 Å². The highest BCUT2D eigenvalue weighted by atomic mass is 35.5. The first-order valence-electron chi connectivity index (χ1n) is 12.3. The molecule has 34 heavy (non-hydrogen) atoms. The van der Waals surface area contributed by atoms with Gasteiger partial charge in [-0.25, -0.2) is 4.98 Å². The highest BCUT2D eigenvalue weighted by Gasteiger charge is 2.14. The van der Waals surface area contributed by atoms with E-state index in [4.69, 9.17) is 21.3 Å². The minimum atomic E-state index is 0.558. The summed E-state index contributed by atoms with van der Waals surface area (Å²) >= 11 is 6.24. The van der Waals surface area contributed by atoms with Crippen molar-refractivity contribution < 1.29 is 9.53 Å². The van der Waals surface area contributed by atoms with E-state index in [1.54, 1.807) is 4.90 Å². The van der Waals surface area contributed by atoms with Crippen molar-refractivity contribution in [3.63, 3.8) is 0 Å². The Balaban J connectivity index is 1.58. The molecule has 0 saturated heterocycles. The van der Waals surface area contributed by atoms with Crippen LogP contribution in [0.5, 0.6) is 5.75 Å².